The maximum absolute atomic E-state index is 12.5. The number of carbonyl (C=O) groups excluding carboxylic acids is 1. The molecule has 25 heavy (non-hydrogen) atoms. The summed E-state index contributed by atoms with van der Waals surface area (Å²) in [4.78, 5) is 28.1. The van der Waals surface area contributed by atoms with E-state index < -0.39 is 10.7 Å². The Morgan fingerprint density at radius 3 is 2.84 bits per heavy atom. The molecule has 8 nitrogen and oxygen atoms in total. The number of nitrogens with zero attached hydrogens (tertiary/aromatic N) is 2. The van der Waals surface area contributed by atoms with Crippen molar-refractivity contribution in [3.05, 3.63) is 51.7 Å². The highest BCUT2D eigenvalue weighted by Gasteiger charge is 2.20. The second kappa shape index (κ2) is 9.26. The molecule has 1 atom stereocenters. The molecule has 1 unspecified atom stereocenters. The van der Waals surface area contributed by atoms with Crippen molar-refractivity contribution in [1.29, 1.82) is 0 Å². The summed E-state index contributed by atoms with van der Waals surface area (Å²) in [6.45, 7) is 0.750. The van der Waals surface area contributed by atoms with Crippen molar-refractivity contribution in [2.45, 2.75) is 25.6 Å². The van der Waals surface area contributed by atoms with E-state index in [0.29, 0.717) is 12.3 Å². The van der Waals surface area contributed by atoms with Gasteiger partial charge in [-0.3, -0.25) is 24.8 Å². The van der Waals surface area contributed by atoms with Crippen LogP contribution in [0.5, 0.6) is 0 Å². The molecule has 1 aliphatic rings. The van der Waals surface area contributed by atoms with Gasteiger partial charge in [-0.05, 0) is 25.3 Å². The molecule has 0 aromatic heterocycles. The first-order chi connectivity index (χ1) is 12.0. The molecule has 0 bridgehead atoms. The Morgan fingerprint density at radius 1 is 1.44 bits per heavy atom. The first kappa shape index (κ1) is 19.0. The van der Waals surface area contributed by atoms with Crippen molar-refractivity contribution in [3.63, 3.8) is 0 Å². The Labute approximate surface area is 146 Å². The molecule has 1 saturated heterocycles. The number of carbonyl (C=O) groups is 1. The Bertz CT molecular complexity index is 640. The standard InChI is InChI=1S/C17H22N2O6/c1-18(23-2)13(12-25-17-9-5-6-10-24-17)11-16(20)14-7-3-4-8-15(14)19(21)22/h3-4,7-8,11,17H,5-6,9-10,12H2,1-2H3/b13-11+. The zero-order chi connectivity index (χ0) is 18.2. The molecule has 0 amide bonds. The zero-order valence-corrected chi connectivity index (χ0v) is 14.3. The average molecular weight is 350 g/mol. The van der Waals surface area contributed by atoms with Crippen molar-refractivity contribution in [2.75, 3.05) is 27.4 Å². The molecular weight excluding hydrogens is 328 g/mol. The molecule has 1 heterocycles. The van der Waals surface area contributed by atoms with Gasteiger partial charge in [0.1, 0.15) is 0 Å². The maximum atomic E-state index is 12.5. The maximum Gasteiger partial charge on any atom is 0.280 e. The van der Waals surface area contributed by atoms with Gasteiger partial charge in [-0.1, -0.05) is 12.1 Å². The number of rotatable bonds is 8. The van der Waals surface area contributed by atoms with E-state index in [1.54, 1.807) is 13.1 Å². The smallest absolute Gasteiger partial charge is 0.280 e. The van der Waals surface area contributed by atoms with Gasteiger partial charge in [-0.15, -0.1) is 0 Å². The molecule has 0 N–H and O–H groups in total. The number of nitro groups is 1. The number of benzene rings is 1. The molecule has 0 saturated carbocycles. The first-order valence-electron chi connectivity index (χ1n) is 8.02. The van der Waals surface area contributed by atoms with Gasteiger partial charge in [-0.25, -0.2) is 0 Å². The molecule has 1 fully saturated rings. The Hall–Kier alpha value is -2.29. The van der Waals surface area contributed by atoms with Crippen molar-refractivity contribution in [2.24, 2.45) is 0 Å². The van der Waals surface area contributed by atoms with Crippen LogP contribution in [0, 0.1) is 10.1 Å². The highest BCUT2D eigenvalue weighted by atomic mass is 16.7. The summed E-state index contributed by atoms with van der Waals surface area (Å²) in [5, 5.41) is 12.5. The van der Waals surface area contributed by atoms with Gasteiger partial charge in [0.15, 0.2) is 12.1 Å². The third-order valence-electron chi connectivity index (χ3n) is 3.90. The Morgan fingerprint density at radius 2 is 2.20 bits per heavy atom. The van der Waals surface area contributed by atoms with Gasteiger partial charge in [-0.2, -0.15) is 0 Å². The van der Waals surface area contributed by atoms with Crippen LogP contribution in [-0.2, 0) is 14.3 Å². The fourth-order valence-corrected chi connectivity index (χ4v) is 2.43. The number of para-hydroxylation sites is 1. The Kier molecular flexibility index (Phi) is 7.05. The third-order valence-corrected chi connectivity index (χ3v) is 3.90. The number of ether oxygens (including phenoxy) is 2. The normalized spacial score (nSPS) is 18.0. The highest BCUT2D eigenvalue weighted by Crippen LogP contribution is 2.20. The van der Waals surface area contributed by atoms with Crippen LogP contribution in [0.4, 0.5) is 5.69 Å². The van der Waals surface area contributed by atoms with E-state index in [9.17, 15) is 14.9 Å². The minimum atomic E-state index is -0.576. The number of ketones is 1. The average Bonchev–Trinajstić information content (AvgIpc) is 2.65. The summed E-state index contributed by atoms with van der Waals surface area (Å²) in [6.07, 6.45) is 3.80. The second-order valence-corrected chi connectivity index (χ2v) is 5.56. The predicted octanol–water partition coefficient (Wildman–Crippen LogP) is 2.70. The van der Waals surface area contributed by atoms with E-state index in [4.69, 9.17) is 14.3 Å². The minimum absolute atomic E-state index is 0.0171. The lowest BCUT2D eigenvalue weighted by molar-refractivity contribution is -0.385. The van der Waals surface area contributed by atoms with Crippen molar-refractivity contribution in [1.82, 2.24) is 5.06 Å². The fraction of sp³-hybridized carbons (Fsp3) is 0.471. The van der Waals surface area contributed by atoms with Crippen molar-refractivity contribution < 1.29 is 24.0 Å². The SMILES string of the molecule is CON(C)/C(=C/C(=O)c1ccccc1[N+](=O)[O-])COC1CCCCO1. The number of hydroxylamine groups is 2. The topological polar surface area (TPSA) is 91.1 Å². The Balaban J connectivity index is 2.15. The zero-order valence-electron chi connectivity index (χ0n) is 14.3. The number of hydrogen-bond acceptors (Lipinski definition) is 7. The predicted molar refractivity (Wildman–Crippen MR) is 89.8 cm³/mol. The van der Waals surface area contributed by atoms with E-state index in [1.807, 2.05) is 0 Å². The summed E-state index contributed by atoms with van der Waals surface area (Å²) < 4.78 is 11.2. The molecular formula is C17H22N2O6. The van der Waals surface area contributed by atoms with Crippen LogP contribution in [0.15, 0.2) is 36.0 Å². The molecule has 2 rings (SSSR count). The minimum Gasteiger partial charge on any atom is -0.353 e. The van der Waals surface area contributed by atoms with Gasteiger partial charge >= 0.3 is 0 Å². The van der Waals surface area contributed by atoms with Gasteiger partial charge in [0.2, 0.25) is 0 Å². The first-order valence-corrected chi connectivity index (χ1v) is 8.02. The summed E-state index contributed by atoms with van der Waals surface area (Å²) in [5.41, 5.74) is 0.225. The molecule has 1 aromatic rings. The monoisotopic (exact) mass is 350 g/mol. The van der Waals surface area contributed by atoms with Gasteiger partial charge in [0, 0.05) is 25.8 Å². The van der Waals surface area contributed by atoms with E-state index in [1.165, 1.54) is 36.4 Å². The lowest BCUT2D eigenvalue weighted by atomic mass is 10.1. The summed E-state index contributed by atoms with van der Waals surface area (Å²) in [6, 6.07) is 5.82. The van der Waals surface area contributed by atoms with E-state index in [0.717, 1.165) is 19.3 Å². The van der Waals surface area contributed by atoms with Crippen LogP contribution < -0.4 is 0 Å². The van der Waals surface area contributed by atoms with E-state index >= 15 is 0 Å². The molecule has 8 heteroatoms. The van der Waals surface area contributed by atoms with Crippen molar-refractivity contribution >= 4 is 11.5 Å². The molecule has 1 aromatic carbocycles. The quantitative estimate of drug-likeness (QED) is 0.308. The summed E-state index contributed by atoms with van der Waals surface area (Å²) in [5.74, 6) is -0.487. The van der Waals surface area contributed by atoms with E-state index in [2.05, 4.69) is 0 Å². The van der Waals surface area contributed by atoms with Crippen molar-refractivity contribution in [3.8, 4) is 0 Å². The molecule has 0 radical (unpaired) electrons. The third kappa shape index (κ3) is 5.35. The number of allylic oxidation sites excluding steroid dienone is 1. The van der Waals surface area contributed by atoms with Gasteiger partial charge in [0.25, 0.3) is 5.69 Å². The van der Waals surface area contributed by atoms with Gasteiger partial charge in [0.05, 0.1) is 29.9 Å². The van der Waals surface area contributed by atoms with Crippen LogP contribution in [0.2, 0.25) is 0 Å². The number of likely N-dealkylation sites (N-methyl/N-ethyl adjacent to an activating group) is 1. The number of nitro benzene ring substituents is 1. The highest BCUT2D eigenvalue weighted by molar-refractivity contribution is 6.07. The molecule has 136 valence electrons. The van der Waals surface area contributed by atoms with Crippen LogP contribution in [0.25, 0.3) is 0 Å². The van der Waals surface area contributed by atoms with Crippen LogP contribution >= 0.6 is 0 Å². The van der Waals surface area contributed by atoms with E-state index in [-0.39, 0.29) is 24.1 Å². The molecule has 1 aliphatic heterocycles. The van der Waals surface area contributed by atoms with Crippen LogP contribution in [0.3, 0.4) is 0 Å². The van der Waals surface area contributed by atoms with Crippen LogP contribution in [0.1, 0.15) is 29.6 Å². The van der Waals surface area contributed by atoms with Crippen LogP contribution in [-0.4, -0.2) is 49.4 Å². The largest absolute Gasteiger partial charge is 0.353 e. The summed E-state index contributed by atoms with van der Waals surface area (Å²) >= 11 is 0. The van der Waals surface area contributed by atoms with Gasteiger partial charge < -0.3 is 9.47 Å². The fourth-order valence-electron chi connectivity index (χ4n) is 2.43. The lowest BCUT2D eigenvalue weighted by Crippen LogP contribution is -2.27. The lowest BCUT2D eigenvalue weighted by Gasteiger charge is -2.25. The summed E-state index contributed by atoms with van der Waals surface area (Å²) in [7, 11) is 3.09. The second-order valence-electron chi connectivity index (χ2n) is 5.56. The number of hydrogen-bond donors (Lipinski definition) is 0. The molecule has 0 aliphatic carbocycles. The molecule has 0 spiro atoms.